The molecule has 1 aliphatic rings. The van der Waals surface area contributed by atoms with Gasteiger partial charge in [0.05, 0.1) is 5.69 Å². The predicted molar refractivity (Wildman–Crippen MR) is 70.0 cm³/mol. The molecule has 0 aromatic heterocycles. The maximum Gasteiger partial charge on any atom is 0.0644 e. The van der Waals surface area contributed by atoms with Crippen LogP contribution in [0.4, 0.5) is 5.69 Å². The quantitative estimate of drug-likeness (QED) is 0.729. The van der Waals surface area contributed by atoms with E-state index in [1.165, 1.54) is 5.71 Å². The molecule has 1 saturated heterocycles. The molecular weight excluding hydrogens is 220 g/mol. The highest BCUT2D eigenvalue weighted by Crippen LogP contribution is 2.23. The summed E-state index contributed by atoms with van der Waals surface area (Å²) >= 11 is 6.08. The van der Waals surface area contributed by atoms with Crippen LogP contribution in [0.25, 0.3) is 0 Å². The van der Waals surface area contributed by atoms with Crippen LogP contribution in [0.15, 0.2) is 23.2 Å². The van der Waals surface area contributed by atoms with Crippen LogP contribution in [-0.2, 0) is 0 Å². The molecule has 86 valence electrons. The third kappa shape index (κ3) is 2.83. The monoisotopic (exact) mass is 236 g/mol. The van der Waals surface area contributed by atoms with Gasteiger partial charge in [-0.2, -0.15) is 0 Å². The number of likely N-dealkylation sites (tertiary alicyclic amines) is 1. The Labute approximate surface area is 102 Å². The van der Waals surface area contributed by atoms with Gasteiger partial charge in [-0.3, -0.25) is 4.99 Å². The first kappa shape index (κ1) is 11.6. The number of rotatable bonds is 1. The van der Waals surface area contributed by atoms with E-state index in [4.69, 9.17) is 11.6 Å². The van der Waals surface area contributed by atoms with E-state index < -0.39 is 0 Å². The van der Waals surface area contributed by atoms with Crippen molar-refractivity contribution in [1.82, 2.24) is 4.90 Å². The lowest BCUT2D eigenvalue weighted by atomic mass is 10.1. The third-order valence-electron chi connectivity index (χ3n) is 3.01. The van der Waals surface area contributed by atoms with E-state index in [0.717, 1.165) is 42.2 Å². The molecule has 0 radical (unpaired) electrons. The van der Waals surface area contributed by atoms with Crippen LogP contribution in [0.3, 0.4) is 0 Å². The number of hydrogen-bond donors (Lipinski definition) is 0. The van der Waals surface area contributed by atoms with Gasteiger partial charge in [-0.05, 0) is 44.5 Å². The van der Waals surface area contributed by atoms with Crippen molar-refractivity contribution in [3.8, 4) is 0 Å². The SMILES string of the molecule is Cc1ccc(N=C2CCN(C)CC2)cc1Cl. The molecule has 0 spiro atoms. The van der Waals surface area contributed by atoms with Crippen LogP contribution < -0.4 is 0 Å². The highest BCUT2D eigenvalue weighted by Gasteiger charge is 2.11. The fraction of sp³-hybridized carbons (Fsp3) is 0.462. The van der Waals surface area contributed by atoms with Gasteiger partial charge in [0.15, 0.2) is 0 Å². The summed E-state index contributed by atoms with van der Waals surface area (Å²) in [4.78, 5) is 6.99. The number of nitrogens with zero attached hydrogens (tertiary/aromatic N) is 2. The average Bonchev–Trinajstić information content (AvgIpc) is 2.27. The minimum atomic E-state index is 0.801. The van der Waals surface area contributed by atoms with Crippen molar-refractivity contribution < 1.29 is 0 Å². The van der Waals surface area contributed by atoms with Gasteiger partial charge in [0, 0.05) is 23.8 Å². The number of benzene rings is 1. The number of piperidine rings is 1. The standard InChI is InChI=1S/C13H17ClN2/c1-10-3-4-12(9-13(10)14)15-11-5-7-16(2)8-6-11/h3-4,9H,5-8H2,1-2H3. The first-order valence-electron chi connectivity index (χ1n) is 5.66. The molecule has 0 bridgehead atoms. The van der Waals surface area contributed by atoms with Crippen LogP contribution in [-0.4, -0.2) is 30.7 Å². The topological polar surface area (TPSA) is 15.6 Å². The van der Waals surface area contributed by atoms with Crippen molar-refractivity contribution in [1.29, 1.82) is 0 Å². The second-order valence-corrected chi connectivity index (χ2v) is 4.82. The summed E-state index contributed by atoms with van der Waals surface area (Å²) in [5.41, 5.74) is 3.38. The molecule has 1 heterocycles. The Morgan fingerprint density at radius 1 is 1.25 bits per heavy atom. The minimum Gasteiger partial charge on any atom is -0.306 e. The van der Waals surface area contributed by atoms with Crippen molar-refractivity contribution in [3.63, 3.8) is 0 Å². The number of halogens is 1. The Balaban J connectivity index is 2.13. The van der Waals surface area contributed by atoms with Gasteiger partial charge in [0.2, 0.25) is 0 Å². The highest BCUT2D eigenvalue weighted by molar-refractivity contribution is 6.31. The molecule has 0 atom stereocenters. The van der Waals surface area contributed by atoms with Gasteiger partial charge in [-0.15, -0.1) is 0 Å². The molecule has 0 N–H and O–H groups in total. The number of aliphatic imine (C=N–C) groups is 1. The fourth-order valence-electron chi connectivity index (χ4n) is 1.82. The van der Waals surface area contributed by atoms with E-state index in [9.17, 15) is 0 Å². The van der Waals surface area contributed by atoms with Gasteiger partial charge >= 0.3 is 0 Å². The second-order valence-electron chi connectivity index (χ2n) is 4.41. The molecule has 1 aromatic rings. The molecule has 0 amide bonds. The maximum atomic E-state index is 6.08. The zero-order valence-corrected chi connectivity index (χ0v) is 10.6. The molecule has 0 saturated carbocycles. The second kappa shape index (κ2) is 4.98. The van der Waals surface area contributed by atoms with Crippen molar-refractivity contribution in [2.24, 2.45) is 4.99 Å². The Hall–Kier alpha value is -0.860. The summed E-state index contributed by atoms with van der Waals surface area (Å²) in [6, 6.07) is 6.01. The van der Waals surface area contributed by atoms with Crippen molar-refractivity contribution in [2.45, 2.75) is 19.8 Å². The molecule has 3 heteroatoms. The summed E-state index contributed by atoms with van der Waals surface area (Å²) in [6.07, 6.45) is 2.14. The smallest absolute Gasteiger partial charge is 0.0644 e. The highest BCUT2D eigenvalue weighted by atomic mass is 35.5. The molecule has 1 aromatic carbocycles. The number of hydrogen-bond acceptors (Lipinski definition) is 2. The zero-order valence-electron chi connectivity index (χ0n) is 9.83. The lowest BCUT2D eigenvalue weighted by Gasteiger charge is -2.23. The Bertz CT molecular complexity index is 402. The van der Waals surface area contributed by atoms with E-state index >= 15 is 0 Å². The van der Waals surface area contributed by atoms with Crippen molar-refractivity contribution in [2.75, 3.05) is 20.1 Å². The van der Waals surface area contributed by atoms with Gasteiger partial charge in [-0.1, -0.05) is 17.7 Å². The first-order chi connectivity index (χ1) is 7.65. The van der Waals surface area contributed by atoms with Crippen LogP contribution in [0.5, 0.6) is 0 Å². The van der Waals surface area contributed by atoms with Crippen molar-refractivity contribution in [3.05, 3.63) is 28.8 Å². The minimum absolute atomic E-state index is 0.801. The van der Waals surface area contributed by atoms with Gasteiger partial charge in [-0.25, -0.2) is 0 Å². The molecule has 1 fully saturated rings. The fourth-order valence-corrected chi connectivity index (χ4v) is 2.00. The largest absolute Gasteiger partial charge is 0.306 e. The summed E-state index contributed by atoms with van der Waals surface area (Å²) in [5, 5.41) is 0.801. The molecular formula is C13H17ClN2. The molecule has 2 rings (SSSR count). The Kier molecular flexibility index (Phi) is 3.62. The Morgan fingerprint density at radius 3 is 2.56 bits per heavy atom. The summed E-state index contributed by atoms with van der Waals surface area (Å²) in [7, 11) is 2.15. The van der Waals surface area contributed by atoms with E-state index in [1.54, 1.807) is 0 Å². The van der Waals surface area contributed by atoms with E-state index in [0.29, 0.717) is 0 Å². The molecule has 0 aliphatic carbocycles. The lowest BCUT2D eigenvalue weighted by molar-refractivity contribution is 0.336. The van der Waals surface area contributed by atoms with Gasteiger partial charge in [0.1, 0.15) is 0 Å². The molecule has 2 nitrogen and oxygen atoms in total. The summed E-state index contributed by atoms with van der Waals surface area (Å²) in [6.45, 7) is 4.23. The van der Waals surface area contributed by atoms with Crippen LogP contribution in [0, 0.1) is 6.92 Å². The zero-order chi connectivity index (χ0) is 11.5. The average molecular weight is 237 g/mol. The van der Waals surface area contributed by atoms with Crippen LogP contribution >= 0.6 is 11.6 Å². The van der Waals surface area contributed by atoms with Gasteiger partial charge < -0.3 is 4.90 Å². The van der Waals surface area contributed by atoms with Crippen LogP contribution in [0.2, 0.25) is 5.02 Å². The number of aryl methyl sites for hydroxylation is 1. The Morgan fingerprint density at radius 2 is 1.94 bits per heavy atom. The predicted octanol–water partition coefficient (Wildman–Crippen LogP) is 3.45. The van der Waals surface area contributed by atoms with Crippen LogP contribution in [0.1, 0.15) is 18.4 Å². The molecule has 16 heavy (non-hydrogen) atoms. The molecule has 0 unspecified atom stereocenters. The summed E-state index contributed by atoms with van der Waals surface area (Å²) in [5.74, 6) is 0. The molecule has 1 aliphatic heterocycles. The van der Waals surface area contributed by atoms with E-state index in [1.807, 2.05) is 25.1 Å². The first-order valence-corrected chi connectivity index (χ1v) is 6.04. The normalized spacial score (nSPS) is 17.6. The van der Waals surface area contributed by atoms with Gasteiger partial charge in [0.25, 0.3) is 0 Å². The van der Waals surface area contributed by atoms with E-state index in [-0.39, 0.29) is 0 Å². The third-order valence-corrected chi connectivity index (χ3v) is 3.41. The van der Waals surface area contributed by atoms with Crippen molar-refractivity contribution >= 4 is 23.0 Å². The maximum absolute atomic E-state index is 6.08. The van der Waals surface area contributed by atoms with E-state index in [2.05, 4.69) is 16.9 Å². The summed E-state index contributed by atoms with van der Waals surface area (Å²) < 4.78 is 0. The lowest BCUT2D eigenvalue weighted by Crippen LogP contribution is -2.30.